The minimum atomic E-state index is 0.0633. The van der Waals surface area contributed by atoms with Crippen molar-refractivity contribution >= 4 is 23.2 Å². The van der Waals surface area contributed by atoms with Gasteiger partial charge in [-0.3, -0.25) is 9.59 Å². The fraction of sp³-hybridized carbons (Fsp3) is 0.700. The number of rotatable bonds is 9. The summed E-state index contributed by atoms with van der Waals surface area (Å²) in [6.07, 6.45) is 7.67. The Labute approximate surface area is 156 Å². The van der Waals surface area contributed by atoms with Gasteiger partial charge in [-0.05, 0) is 36.6 Å². The molecule has 0 radical (unpaired) electrons. The average Bonchev–Trinajstić information content (AvgIpc) is 3.14. The minimum absolute atomic E-state index is 0.0633. The molecule has 1 fully saturated rings. The third-order valence-electron chi connectivity index (χ3n) is 4.89. The normalized spacial score (nSPS) is 15.6. The molecule has 0 saturated carbocycles. The summed E-state index contributed by atoms with van der Waals surface area (Å²) in [5.41, 5.74) is 0. The minimum Gasteiger partial charge on any atom is -0.356 e. The van der Waals surface area contributed by atoms with Crippen LogP contribution in [-0.2, 0) is 4.79 Å². The molecule has 1 aromatic rings. The van der Waals surface area contributed by atoms with Crippen LogP contribution in [-0.4, -0.2) is 36.3 Å². The molecule has 0 aliphatic carbocycles. The number of piperidine rings is 1. The third-order valence-corrected chi connectivity index (χ3v) is 5.75. The zero-order valence-corrected chi connectivity index (χ0v) is 16.4. The topological polar surface area (TPSA) is 49.4 Å². The molecule has 4 nitrogen and oxygen atoms in total. The van der Waals surface area contributed by atoms with Gasteiger partial charge in [0.15, 0.2) is 0 Å². The number of likely N-dealkylation sites (tertiary alicyclic amines) is 1. The van der Waals surface area contributed by atoms with Crippen LogP contribution in [0.3, 0.4) is 0 Å². The standard InChI is InChI=1S/C20H32N2O2S/c1-16(2)8-5-3-4-6-12-21-19(23)17-10-13-22(14-11-17)20(24)18-9-7-15-25-18/h7,9,15-17H,3-6,8,10-14H2,1-2H3,(H,21,23). The molecule has 0 atom stereocenters. The number of unbranched alkanes of at least 4 members (excludes halogenated alkanes) is 3. The molecule has 0 unspecified atom stereocenters. The lowest BCUT2D eigenvalue weighted by molar-refractivity contribution is -0.126. The summed E-state index contributed by atoms with van der Waals surface area (Å²) in [6, 6.07) is 3.77. The zero-order valence-electron chi connectivity index (χ0n) is 15.6. The number of nitrogens with zero attached hydrogens (tertiary/aromatic N) is 1. The second-order valence-electron chi connectivity index (χ2n) is 7.43. The Morgan fingerprint density at radius 2 is 1.92 bits per heavy atom. The van der Waals surface area contributed by atoms with Crippen LogP contribution in [0.5, 0.6) is 0 Å². The number of amides is 2. The molecule has 5 heteroatoms. The van der Waals surface area contributed by atoms with E-state index in [1.165, 1.54) is 37.0 Å². The van der Waals surface area contributed by atoms with Gasteiger partial charge < -0.3 is 10.2 Å². The third kappa shape index (κ3) is 6.81. The van der Waals surface area contributed by atoms with Gasteiger partial charge in [0, 0.05) is 25.6 Å². The van der Waals surface area contributed by atoms with Crippen molar-refractivity contribution in [3.63, 3.8) is 0 Å². The van der Waals surface area contributed by atoms with Crippen molar-refractivity contribution in [1.29, 1.82) is 0 Å². The molecular formula is C20H32N2O2S. The van der Waals surface area contributed by atoms with Crippen molar-refractivity contribution in [2.45, 2.75) is 58.8 Å². The van der Waals surface area contributed by atoms with Crippen LogP contribution in [0.4, 0.5) is 0 Å². The lowest BCUT2D eigenvalue weighted by Gasteiger charge is -2.31. The average molecular weight is 365 g/mol. The lowest BCUT2D eigenvalue weighted by atomic mass is 9.95. The van der Waals surface area contributed by atoms with E-state index in [1.807, 2.05) is 22.4 Å². The van der Waals surface area contributed by atoms with Crippen molar-refractivity contribution in [2.24, 2.45) is 11.8 Å². The van der Waals surface area contributed by atoms with Crippen LogP contribution in [0.25, 0.3) is 0 Å². The Hall–Kier alpha value is -1.36. The van der Waals surface area contributed by atoms with Gasteiger partial charge in [-0.2, -0.15) is 0 Å². The molecule has 25 heavy (non-hydrogen) atoms. The molecule has 1 saturated heterocycles. The van der Waals surface area contributed by atoms with Gasteiger partial charge in [-0.15, -0.1) is 11.3 Å². The second-order valence-corrected chi connectivity index (χ2v) is 8.38. The van der Waals surface area contributed by atoms with E-state index in [2.05, 4.69) is 19.2 Å². The molecule has 2 amide bonds. The molecule has 2 rings (SSSR count). The summed E-state index contributed by atoms with van der Waals surface area (Å²) in [7, 11) is 0. The van der Waals surface area contributed by atoms with Crippen LogP contribution in [0.15, 0.2) is 17.5 Å². The van der Waals surface area contributed by atoms with Gasteiger partial charge in [0.05, 0.1) is 4.88 Å². The summed E-state index contributed by atoms with van der Waals surface area (Å²) in [5, 5.41) is 5.01. The number of nitrogens with one attached hydrogen (secondary N) is 1. The zero-order chi connectivity index (χ0) is 18.1. The van der Waals surface area contributed by atoms with E-state index >= 15 is 0 Å². The Morgan fingerprint density at radius 1 is 1.20 bits per heavy atom. The summed E-state index contributed by atoms with van der Waals surface area (Å²) < 4.78 is 0. The van der Waals surface area contributed by atoms with E-state index in [1.54, 1.807) is 0 Å². The number of hydrogen-bond acceptors (Lipinski definition) is 3. The van der Waals surface area contributed by atoms with Crippen molar-refractivity contribution in [3.8, 4) is 0 Å². The number of thiophene rings is 1. The Morgan fingerprint density at radius 3 is 2.56 bits per heavy atom. The first-order valence-corrected chi connectivity index (χ1v) is 10.6. The summed E-state index contributed by atoms with van der Waals surface area (Å²) in [4.78, 5) is 27.3. The lowest BCUT2D eigenvalue weighted by Crippen LogP contribution is -2.43. The van der Waals surface area contributed by atoms with Gasteiger partial charge in [-0.1, -0.05) is 45.6 Å². The van der Waals surface area contributed by atoms with E-state index in [0.717, 1.165) is 36.6 Å². The smallest absolute Gasteiger partial charge is 0.263 e. The first-order valence-electron chi connectivity index (χ1n) is 9.68. The Kier molecular flexibility index (Phi) is 8.45. The highest BCUT2D eigenvalue weighted by Crippen LogP contribution is 2.21. The summed E-state index contributed by atoms with van der Waals surface area (Å²) in [5.74, 6) is 1.13. The molecule has 1 aliphatic rings. The van der Waals surface area contributed by atoms with E-state index in [-0.39, 0.29) is 17.7 Å². The van der Waals surface area contributed by atoms with Gasteiger partial charge in [0.25, 0.3) is 5.91 Å². The van der Waals surface area contributed by atoms with E-state index in [0.29, 0.717) is 13.1 Å². The monoisotopic (exact) mass is 364 g/mol. The molecule has 1 aliphatic heterocycles. The van der Waals surface area contributed by atoms with Crippen LogP contribution < -0.4 is 5.32 Å². The molecule has 0 spiro atoms. The van der Waals surface area contributed by atoms with E-state index in [9.17, 15) is 9.59 Å². The fourth-order valence-electron chi connectivity index (χ4n) is 3.29. The van der Waals surface area contributed by atoms with E-state index in [4.69, 9.17) is 0 Å². The predicted octanol–water partition coefficient (Wildman–Crippen LogP) is 4.32. The maximum absolute atomic E-state index is 12.3. The van der Waals surface area contributed by atoms with Crippen molar-refractivity contribution in [3.05, 3.63) is 22.4 Å². The van der Waals surface area contributed by atoms with Crippen LogP contribution >= 0.6 is 11.3 Å². The molecule has 1 N–H and O–H groups in total. The highest BCUT2D eigenvalue weighted by atomic mass is 32.1. The van der Waals surface area contributed by atoms with Gasteiger partial charge in [0.1, 0.15) is 0 Å². The van der Waals surface area contributed by atoms with Crippen LogP contribution in [0, 0.1) is 11.8 Å². The molecule has 0 aromatic carbocycles. The summed E-state index contributed by atoms with van der Waals surface area (Å²) in [6.45, 7) is 6.68. The fourth-order valence-corrected chi connectivity index (χ4v) is 3.98. The highest BCUT2D eigenvalue weighted by Gasteiger charge is 2.27. The molecular weight excluding hydrogens is 332 g/mol. The number of carbonyl (C=O) groups excluding carboxylic acids is 2. The SMILES string of the molecule is CC(C)CCCCCCNC(=O)C1CCN(C(=O)c2cccs2)CC1. The van der Waals surface area contributed by atoms with Crippen molar-refractivity contribution in [2.75, 3.05) is 19.6 Å². The van der Waals surface area contributed by atoms with Crippen molar-refractivity contribution < 1.29 is 9.59 Å². The molecule has 0 bridgehead atoms. The Balaban J connectivity index is 1.57. The quantitative estimate of drug-likeness (QED) is 0.663. The predicted molar refractivity (Wildman–Crippen MR) is 104 cm³/mol. The number of hydrogen-bond donors (Lipinski definition) is 1. The second kappa shape index (κ2) is 10.6. The van der Waals surface area contributed by atoms with Gasteiger partial charge in [-0.25, -0.2) is 0 Å². The Bertz CT molecular complexity index is 520. The van der Waals surface area contributed by atoms with Crippen LogP contribution in [0.1, 0.15) is 68.5 Å². The number of carbonyl (C=O) groups is 2. The van der Waals surface area contributed by atoms with Gasteiger partial charge in [0.2, 0.25) is 5.91 Å². The largest absolute Gasteiger partial charge is 0.356 e. The first-order chi connectivity index (χ1) is 12.1. The molecule has 1 aromatic heterocycles. The maximum Gasteiger partial charge on any atom is 0.263 e. The van der Waals surface area contributed by atoms with Gasteiger partial charge >= 0.3 is 0 Å². The maximum atomic E-state index is 12.3. The first kappa shape index (κ1) is 20.0. The van der Waals surface area contributed by atoms with Crippen LogP contribution in [0.2, 0.25) is 0 Å². The highest BCUT2D eigenvalue weighted by molar-refractivity contribution is 7.12. The molecule has 2 heterocycles. The molecule has 140 valence electrons. The van der Waals surface area contributed by atoms with E-state index < -0.39 is 0 Å². The van der Waals surface area contributed by atoms with Crippen molar-refractivity contribution in [1.82, 2.24) is 10.2 Å². The summed E-state index contributed by atoms with van der Waals surface area (Å²) >= 11 is 1.48.